The van der Waals surface area contributed by atoms with Gasteiger partial charge in [0.1, 0.15) is 17.3 Å². The second-order valence-corrected chi connectivity index (χ2v) is 9.54. The molecule has 0 radical (unpaired) electrons. The number of likely N-dealkylation sites (N-methyl/N-ethyl adjacent to an activating group) is 1. The van der Waals surface area contributed by atoms with Gasteiger partial charge in [0, 0.05) is 42.8 Å². The number of aromatic nitrogens is 4. The monoisotopic (exact) mass is 491 g/mol. The van der Waals surface area contributed by atoms with Crippen LogP contribution < -0.4 is 10.2 Å². The molecule has 0 bridgehead atoms. The number of nitrogens with zero attached hydrogens (tertiary/aromatic N) is 5. The molecule has 1 fully saturated rings. The van der Waals surface area contributed by atoms with Crippen molar-refractivity contribution < 1.29 is 8.78 Å². The molecule has 4 aromatic rings. The van der Waals surface area contributed by atoms with Crippen molar-refractivity contribution in [3.05, 3.63) is 59.6 Å². The molecule has 4 heterocycles. The van der Waals surface area contributed by atoms with Gasteiger partial charge >= 0.3 is 0 Å². The molecule has 2 N–H and O–H groups in total. The first kappa shape index (κ1) is 24.1. The summed E-state index contributed by atoms with van der Waals surface area (Å²) < 4.78 is 29.8. The number of hydrogen-bond acceptors (Lipinski definition) is 6. The van der Waals surface area contributed by atoms with E-state index in [0.29, 0.717) is 16.9 Å². The molecule has 0 amide bonds. The Hall–Kier alpha value is -3.59. The minimum atomic E-state index is -0.618. The fraction of sp³-hybridized carbons (Fsp3) is 0.370. The van der Waals surface area contributed by atoms with E-state index in [0.717, 1.165) is 61.3 Å². The Labute approximate surface area is 209 Å². The molecule has 5 rings (SSSR count). The van der Waals surface area contributed by atoms with Crippen LogP contribution in [0.2, 0.25) is 0 Å². The van der Waals surface area contributed by atoms with Gasteiger partial charge in [-0.2, -0.15) is 0 Å². The van der Waals surface area contributed by atoms with Gasteiger partial charge in [-0.3, -0.25) is 0 Å². The highest BCUT2D eigenvalue weighted by atomic mass is 19.1. The molecule has 0 atom stereocenters. The first-order chi connectivity index (χ1) is 17.3. The molecule has 3 aromatic heterocycles. The van der Waals surface area contributed by atoms with Crippen molar-refractivity contribution in [1.82, 2.24) is 24.8 Å². The van der Waals surface area contributed by atoms with E-state index in [4.69, 9.17) is 0 Å². The maximum absolute atomic E-state index is 15.0. The van der Waals surface area contributed by atoms with Crippen molar-refractivity contribution in [2.45, 2.75) is 33.6 Å². The molecule has 1 aliphatic rings. The summed E-state index contributed by atoms with van der Waals surface area (Å²) >= 11 is 0. The second-order valence-electron chi connectivity index (χ2n) is 9.54. The third-order valence-electron chi connectivity index (χ3n) is 6.86. The average molecular weight is 492 g/mol. The van der Waals surface area contributed by atoms with Crippen LogP contribution in [-0.4, -0.2) is 57.6 Å². The lowest BCUT2D eigenvalue weighted by atomic mass is 9.98. The van der Waals surface area contributed by atoms with Gasteiger partial charge in [-0.05, 0) is 49.2 Å². The Kier molecular flexibility index (Phi) is 6.57. The zero-order valence-corrected chi connectivity index (χ0v) is 21.1. The lowest BCUT2D eigenvalue weighted by Gasteiger charge is -2.35. The van der Waals surface area contributed by atoms with Crippen LogP contribution >= 0.6 is 0 Å². The third kappa shape index (κ3) is 4.63. The number of aryl methyl sites for hydroxylation is 1. The number of halogens is 2. The fourth-order valence-electron chi connectivity index (χ4n) is 5.00. The molecule has 9 heteroatoms. The van der Waals surface area contributed by atoms with E-state index < -0.39 is 11.6 Å². The fourth-order valence-corrected chi connectivity index (χ4v) is 5.00. The van der Waals surface area contributed by atoms with Crippen LogP contribution in [-0.2, 0) is 0 Å². The Balaban J connectivity index is 1.40. The lowest BCUT2D eigenvalue weighted by Crippen LogP contribution is -2.46. The summed E-state index contributed by atoms with van der Waals surface area (Å²) in [5.41, 5.74) is 3.80. The summed E-state index contributed by atoms with van der Waals surface area (Å²) in [7, 11) is 0. The van der Waals surface area contributed by atoms with Crippen LogP contribution in [0.1, 0.15) is 37.9 Å². The van der Waals surface area contributed by atoms with Crippen LogP contribution in [0.3, 0.4) is 0 Å². The van der Waals surface area contributed by atoms with E-state index in [2.05, 4.69) is 55.8 Å². The first-order valence-electron chi connectivity index (χ1n) is 12.4. The number of benzene rings is 1. The number of aromatic amines is 1. The topological polar surface area (TPSA) is 73.0 Å². The summed E-state index contributed by atoms with van der Waals surface area (Å²) in [6, 6.07) is 6.96. The van der Waals surface area contributed by atoms with Crippen molar-refractivity contribution in [1.29, 1.82) is 0 Å². The van der Waals surface area contributed by atoms with Gasteiger partial charge in [-0.25, -0.2) is 23.7 Å². The molecule has 1 aliphatic heterocycles. The number of anilines is 3. The van der Waals surface area contributed by atoms with Gasteiger partial charge in [0.15, 0.2) is 5.82 Å². The quantitative estimate of drug-likeness (QED) is 0.365. The first-order valence-corrected chi connectivity index (χ1v) is 12.4. The van der Waals surface area contributed by atoms with Crippen LogP contribution in [0.25, 0.3) is 22.2 Å². The van der Waals surface area contributed by atoms with E-state index in [1.807, 2.05) is 25.3 Å². The Morgan fingerprint density at radius 3 is 2.47 bits per heavy atom. The molecular formula is C27H31F2N7. The van der Waals surface area contributed by atoms with Gasteiger partial charge in [0.2, 0.25) is 5.95 Å². The zero-order chi connectivity index (χ0) is 25.4. The van der Waals surface area contributed by atoms with Crippen LogP contribution in [0, 0.1) is 18.6 Å². The number of pyridine rings is 1. The highest BCUT2D eigenvalue weighted by Crippen LogP contribution is 2.34. The second kappa shape index (κ2) is 9.81. The van der Waals surface area contributed by atoms with Gasteiger partial charge < -0.3 is 20.1 Å². The number of rotatable bonds is 6. The zero-order valence-electron chi connectivity index (χ0n) is 21.1. The van der Waals surface area contributed by atoms with E-state index >= 15 is 0 Å². The summed E-state index contributed by atoms with van der Waals surface area (Å²) in [5, 5.41) is 3.78. The molecule has 36 heavy (non-hydrogen) atoms. The average Bonchev–Trinajstić information content (AvgIpc) is 3.22. The van der Waals surface area contributed by atoms with Crippen molar-refractivity contribution in [3.8, 4) is 11.3 Å². The van der Waals surface area contributed by atoms with Gasteiger partial charge in [0.05, 0.1) is 23.6 Å². The van der Waals surface area contributed by atoms with E-state index in [1.165, 1.54) is 6.07 Å². The van der Waals surface area contributed by atoms with Gasteiger partial charge in [0.25, 0.3) is 0 Å². The summed E-state index contributed by atoms with van der Waals surface area (Å²) in [6.07, 6.45) is 2.92. The predicted octanol–water partition coefficient (Wildman–Crippen LogP) is 5.62. The third-order valence-corrected chi connectivity index (χ3v) is 6.86. The smallest absolute Gasteiger partial charge is 0.229 e. The molecule has 0 aliphatic carbocycles. The van der Waals surface area contributed by atoms with Crippen molar-refractivity contribution in [2.24, 2.45) is 0 Å². The SMILES string of the molecule is CCN1CCN(c2ccc(Nc3ncc(F)c(-c4cc(F)c5[nH]c(C)c(C(C)C)c5c4)n3)nc2)CC1. The summed E-state index contributed by atoms with van der Waals surface area (Å²) in [6.45, 7) is 13.3. The predicted molar refractivity (Wildman–Crippen MR) is 140 cm³/mol. The number of hydrogen-bond donors (Lipinski definition) is 2. The molecule has 7 nitrogen and oxygen atoms in total. The van der Waals surface area contributed by atoms with Gasteiger partial charge in [-0.1, -0.05) is 20.8 Å². The number of nitrogens with one attached hydrogen (secondary N) is 2. The molecule has 188 valence electrons. The molecule has 1 saturated heterocycles. The minimum Gasteiger partial charge on any atom is -0.368 e. The lowest BCUT2D eigenvalue weighted by molar-refractivity contribution is 0.271. The number of piperazine rings is 1. The van der Waals surface area contributed by atoms with E-state index in [-0.39, 0.29) is 17.6 Å². The standard InChI is InChI=1S/C27H31F2N7/c1-5-35-8-10-36(11-9-35)19-6-7-23(30-14-19)33-27-31-15-22(29)25(34-27)18-12-20-24(16(2)3)17(4)32-26(20)21(28)13-18/h6-7,12-16,32H,5,8-11H2,1-4H3,(H,30,31,33,34). The van der Waals surface area contributed by atoms with Crippen molar-refractivity contribution in [2.75, 3.05) is 42.9 Å². The molecule has 0 saturated carbocycles. The highest BCUT2D eigenvalue weighted by molar-refractivity contribution is 5.89. The van der Waals surface area contributed by atoms with Crippen LogP contribution in [0.5, 0.6) is 0 Å². The van der Waals surface area contributed by atoms with E-state index in [9.17, 15) is 8.78 Å². The van der Waals surface area contributed by atoms with Gasteiger partial charge in [-0.15, -0.1) is 0 Å². The van der Waals surface area contributed by atoms with Crippen molar-refractivity contribution in [3.63, 3.8) is 0 Å². The number of fused-ring (bicyclic) bond motifs is 1. The molecule has 0 spiro atoms. The van der Waals surface area contributed by atoms with Crippen LogP contribution in [0.4, 0.5) is 26.2 Å². The molecule has 1 aromatic carbocycles. The van der Waals surface area contributed by atoms with E-state index in [1.54, 1.807) is 6.07 Å². The minimum absolute atomic E-state index is 0.0345. The van der Waals surface area contributed by atoms with Crippen molar-refractivity contribution >= 4 is 28.4 Å². The summed E-state index contributed by atoms with van der Waals surface area (Å²) in [5.74, 6) is -0.133. The Morgan fingerprint density at radius 1 is 1.03 bits per heavy atom. The normalized spacial score (nSPS) is 14.7. The Bertz CT molecular complexity index is 1370. The Morgan fingerprint density at radius 2 is 1.81 bits per heavy atom. The molecular weight excluding hydrogens is 460 g/mol. The largest absolute Gasteiger partial charge is 0.368 e. The molecule has 0 unspecified atom stereocenters. The highest BCUT2D eigenvalue weighted by Gasteiger charge is 2.19. The van der Waals surface area contributed by atoms with Crippen LogP contribution in [0.15, 0.2) is 36.7 Å². The number of H-pyrrole nitrogens is 1. The summed E-state index contributed by atoms with van der Waals surface area (Å²) in [4.78, 5) is 20.8. The maximum Gasteiger partial charge on any atom is 0.229 e. The maximum atomic E-state index is 15.0.